The molecule has 0 bridgehead atoms. The fraction of sp³-hybridized carbons (Fsp3) is 0.909. The predicted molar refractivity (Wildman–Crippen MR) is 58.2 cm³/mol. The van der Waals surface area contributed by atoms with Gasteiger partial charge in [0.2, 0.25) is 5.91 Å². The lowest BCUT2D eigenvalue weighted by atomic mass is 10.0. The Bertz CT molecular complexity index is 203. The molecule has 0 spiro atoms. The monoisotopic (exact) mass is 198 g/mol. The van der Waals surface area contributed by atoms with Crippen LogP contribution in [0.1, 0.15) is 33.6 Å². The largest absolute Gasteiger partial charge is 0.342 e. The molecule has 1 saturated heterocycles. The molecule has 1 rings (SSSR count). The Morgan fingerprint density at radius 2 is 2.14 bits per heavy atom. The number of carbonyl (C=O) groups is 1. The number of amides is 1. The molecular formula is C11H22N2O. The van der Waals surface area contributed by atoms with Crippen LogP contribution in [-0.2, 0) is 4.79 Å². The third-order valence-corrected chi connectivity index (χ3v) is 3.20. The predicted octanol–water partition coefficient (Wildman–Crippen LogP) is 1.34. The average Bonchev–Trinajstić information content (AvgIpc) is 2.16. The Hall–Kier alpha value is -0.570. The zero-order chi connectivity index (χ0) is 10.7. The molecule has 0 aromatic carbocycles. The summed E-state index contributed by atoms with van der Waals surface area (Å²) in [5.74, 6) is 0.181. The van der Waals surface area contributed by atoms with Crippen LogP contribution in [0.2, 0.25) is 0 Å². The van der Waals surface area contributed by atoms with E-state index in [9.17, 15) is 4.79 Å². The lowest BCUT2D eigenvalue weighted by Gasteiger charge is -2.39. The number of carbonyl (C=O) groups excluding carboxylic acids is 1. The number of hydrogen-bond acceptors (Lipinski definition) is 2. The van der Waals surface area contributed by atoms with Crippen LogP contribution in [0.4, 0.5) is 0 Å². The van der Waals surface area contributed by atoms with Gasteiger partial charge in [-0.15, -0.1) is 0 Å². The average molecular weight is 198 g/mol. The van der Waals surface area contributed by atoms with Gasteiger partial charge in [0.1, 0.15) is 0 Å². The van der Waals surface area contributed by atoms with Crippen LogP contribution in [0.5, 0.6) is 0 Å². The summed E-state index contributed by atoms with van der Waals surface area (Å²) in [7, 11) is 1.91. The summed E-state index contributed by atoms with van der Waals surface area (Å²) >= 11 is 0. The second kappa shape index (κ2) is 4.78. The molecule has 82 valence electrons. The second-order valence-electron chi connectivity index (χ2n) is 4.51. The third-order valence-electron chi connectivity index (χ3n) is 3.20. The van der Waals surface area contributed by atoms with Crippen LogP contribution < -0.4 is 0 Å². The maximum absolute atomic E-state index is 11.2. The third kappa shape index (κ3) is 2.71. The van der Waals surface area contributed by atoms with Crippen molar-refractivity contribution in [3.05, 3.63) is 0 Å². The van der Waals surface area contributed by atoms with E-state index in [1.54, 1.807) is 6.92 Å². The zero-order valence-electron chi connectivity index (χ0n) is 9.79. The molecular weight excluding hydrogens is 176 g/mol. The Morgan fingerprint density at radius 1 is 1.50 bits per heavy atom. The highest BCUT2D eigenvalue weighted by atomic mass is 16.2. The molecule has 0 N–H and O–H groups in total. The summed E-state index contributed by atoms with van der Waals surface area (Å²) in [6.45, 7) is 8.30. The maximum Gasteiger partial charge on any atom is 0.219 e. The first-order valence-corrected chi connectivity index (χ1v) is 5.49. The van der Waals surface area contributed by atoms with Gasteiger partial charge in [-0.3, -0.25) is 9.69 Å². The highest BCUT2D eigenvalue weighted by Crippen LogP contribution is 2.16. The molecule has 0 saturated carbocycles. The number of rotatable bonds is 2. The molecule has 14 heavy (non-hydrogen) atoms. The van der Waals surface area contributed by atoms with Crippen molar-refractivity contribution in [3.8, 4) is 0 Å². The van der Waals surface area contributed by atoms with Gasteiger partial charge in [0.15, 0.2) is 0 Å². The van der Waals surface area contributed by atoms with Gasteiger partial charge in [-0.25, -0.2) is 0 Å². The first kappa shape index (κ1) is 11.5. The van der Waals surface area contributed by atoms with Crippen LogP contribution in [-0.4, -0.2) is 47.9 Å². The molecule has 3 nitrogen and oxygen atoms in total. The molecule has 1 aliphatic rings. The number of piperidine rings is 1. The van der Waals surface area contributed by atoms with E-state index in [-0.39, 0.29) is 5.91 Å². The highest BCUT2D eigenvalue weighted by Gasteiger charge is 2.25. The molecule has 1 amide bonds. The Labute approximate surface area is 87.1 Å². The normalized spacial score (nSPS) is 23.9. The SMILES string of the molecule is CC(=O)N(C)C1CCCN(C(C)C)C1. The zero-order valence-corrected chi connectivity index (χ0v) is 9.79. The fourth-order valence-electron chi connectivity index (χ4n) is 2.03. The molecule has 1 atom stereocenters. The lowest BCUT2D eigenvalue weighted by molar-refractivity contribution is -0.130. The minimum absolute atomic E-state index is 0.181. The molecule has 1 unspecified atom stereocenters. The van der Waals surface area contributed by atoms with Crippen molar-refractivity contribution < 1.29 is 4.79 Å². The first-order valence-electron chi connectivity index (χ1n) is 5.49. The van der Waals surface area contributed by atoms with E-state index in [4.69, 9.17) is 0 Å². The van der Waals surface area contributed by atoms with Crippen molar-refractivity contribution in [3.63, 3.8) is 0 Å². The van der Waals surface area contributed by atoms with Crippen LogP contribution in [0, 0.1) is 0 Å². The molecule has 1 heterocycles. The van der Waals surface area contributed by atoms with Crippen LogP contribution in [0.15, 0.2) is 0 Å². The summed E-state index contributed by atoms with van der Waals surface area (Å²) in [6, 6.07) is 1.02. The Kier molecular flexibility index (Phi) is 3.93. The van der Waals surface area contributed by atoms with Gasteiger partial charge in [0, 0.05) is 32.6 Å². The van der Waals surface area contributed by atoms with Gasteiger partial charge in [0.05, 0.1) is 0 Å². The van der Waals surface area contributed by atoms with Crippen molar-refractivity contribution in [2.24, 2.45) is 0 Å². The molecule has 1 aliphatic heterocycles. The quantitative estimate of drug-likeness (QED) is 0.668. The molecule has 0 aromatic rings. The van der Waals surface area contributed by atoms with Gasteiger partial charge in [-0.2, -0.15) is 0 Å². The molecule has 0 aromatic heterocycles. The minimum Gasteiger partial charge on any atom is -0.342 e. The number of likely N-dealkylation sites (tertiary alicyclic amines) is 1. The van der Waals surface area contributed by atoms with E-state index in [1.165, 1.54) is 13.0 Å². The highest BCUT2D eigenvalue weighted by molar-refractivity contribution is 5.73. The van der Waals surface area contributed by atoms with Gasteiger partial charge in [-0.1, -0.05) is 0 Å². The van der Waals surface area contributed by atoms with E-state index < -0.39 is 0 Å². The van der Waals surface area contributed by atoms with Crippen molar-refractivity contribution in [2.75, 3.05) is 20.1 Å². The van der Waals surface area contributed by atoms with Crippen LogP contribution in [0.3, 0.4) is 0 Å². The summed E-state index contributed by atoms with van der Waals surface area (Å²) in [6.07, 6.45) is 2.36. The smallest absolute Gasteiger partial charge is 0.219 e. The van der Waals surface area contributed by atoms with E-state index in [0.717, 1.165) is 13.0 Å². The van der Waals surface area contributed by atoms with E-state index in [1.807, 2.05) is 11.9 Å². The van der Waals surface area contributed by atoms with Crippen molar-refractivity contribution in [1.82, 2.24) is 9.80 Å². The van der Waals surface area contributed by atoms with Gasteiger partial charge < -0.3 is 4.90 Å². The Morgan fingerprint density at radius 3 is 2.64 bits per heavy atom. The van der Waals surface area contributed by atoms with Crippen molar-refractivity contribution >= 4 is 5.91 Å². The molecule has 0 aliphatic carbocycles. The lowest BCUT2D eigenvalue weighted by Crippen LogP contribution is -2.49. The van der Waals surface area contributed by atoms with Crippen LogP contribution in [0.25, 0.3) is 0 Å². The number of hydrogen-bond donors (Lipinski definition) is 0. The minimum atomic E-state index is 0.181. The molecule has 3 heteroatoms. The summed E-state index contributed by atoms with van der Waals surface area (Å²) in [4.78, 5) is 15.6. The summed E-state index contributed by atoms with van der Waals surface area (Å²) < 4.78 is 0. The number of nitrogens with zero attached hydrogens (tertiary/aromatic N) is 2. The van der Waals surface area contributed by atoms with E-state index in [2.05, 4.69) is 18.7 Å². The molecule has 1 fully saturated rings. The first-order chi connectivity index (χ1) is 6.52. The summed E-state index contributed by atoms with van der Waals surface area (Å²) in [5, 5.41) is 0. The van der Waals surface area contributed by atoms with Crippen LogP contribution >= 0.6 is 0 Å². The number of likely N-dealkylation sites (N-methyl/N-ethyl adjacent to an activating group) is 1. The Balaban J connectivity index is 2.51. The standard InChI is InChI=1S/C11H22N2O/c1-9(2)13-7-5-6-11(8-13)12(4)10(3)14/h9,11H,5-8H2,1-4H3. The summed E-state index contributed by atoms with van der Waals surface area (Å²) in [5.41, 5.74) is 0. The topological polar surface area (TPSA) is 23.6 Å². The van der Waals surface area contributed by atoms with Crippen molar-refractivity contribution in [1.29, 1.82) is 0 Å². The second-order valence-corrected chi connectivity index (χ2v) is 4.51. The van der Waals surface area contributed by atoms with Gasteiger partial charge in [0.25, 0.3) is 0 Å². The maximum atomic E-state index is 11.2. The fourth-order valence-corrected chi connectivity index (χ4v) is 2.03. The van der Waals surface area contributed by atoms with Crippen molar-refractivity contribution in [2.45, 2.75) is 45.7 Å². The van der Waals surface area contributed by atoms with Gasteiger partial charge in [-0.05, 0) is 33.2 Å². The van der Waals surface area contributed by atoms with E-state index in [0.29, 0.717) is 12.1 Å². The van der Waals surface area contributed by atoms with Gasteiger partial charge >= 0.3 is 0 Å². The molecule has 0 radical (unpaired) electrons. The van der Waals surface area contributed by atoms with E-state index >= 15 is 0 Å².